The van der Waals surface area contributed by atoms with Crippen molar-refractivity contribution in [2.75, 3.05) is 6.54 Å². The Morgan fingerprint density at radius 2 is 1.72 bits per heavy atom. The average molecular weight is 347 g/mol. The molecule has 0 saturated heterocycles. The Labute approximate surface area is 157 Å². The first-order valence-corrected chi connectivity index (χ1v) is 10.1. The molecule has 0 saturated carbocycles. The maximum Gasteiger partial charge on any atom is 0.0328 e. The standard InChI is InChI=1S/C23H42N2/c1-9-13-14-23(17-19(6)20(7)24-15-10-2)25-21(8)18(5)16-22(11-3)12-4/h10,18,22-25H,2,6-9,11-17H2,1,3-5H3. The molecule has 2 atom stereocenters. The molecule has 2 heteroatoms. The van der Waals surface area contributed by atoms with Gasteiger partial charge in [0.1, 0.15) is 0 Å². The Morgan fingerprint density at radius 1 is 1.08 bits per heavy atom. The molecule has 144 valence electrons. The van der Waals surface area contributed by atoms with Crippen LogP contribution < -0.4 is 10.6 Å². The topological polar surface area (TPSA) is 24.1 Å². The zero-order valence-electron chi connectivity index (χ0n) is 17.3. The molecule has 0 aromatic heterocycles. The van der Waals surface area contributed by atoms with Crippen molar-refractivity contribution in [3.63, 3.8) is 0 Å². The number of hydrogen-bond acceptors (Lipinski definition) is 2. The molecule has 25 heavy (non-hydrogen) atoms. The first-order valence-electron chi connectivity index (χ1n) is 10.1. The van der Waals surface area contributed by atoms with Gasteiger partial charge in [0.05, 0.1) is 0 Å². The van der Waals surface area contributed by atoms with Gasteiger partial charge in [0.2, 0.25) is 0 Å². The molecule has 0 spiro atoms. The third-order valence-electron chi connectivity index (χ3n) is 5.11. The van der Waals surface area contributed by atoms with Gasteiger partial charge in [-0.2, -0.15) is 0 Å². The summed E-state index contributed by atoms with van der Waals surface area (Å²) in [4.78, 5) is 0. The fraction of sp³-hybridized carbons (Fsp3) is 0.652. The van der Waals surface area contributed by atoms with Gasteiger partial charge in [-0.15, -0.1) is 6.58 Å². The molecule has 0 aliphatic rings. The lowest BCUT2D eigenvalue weighted by Crippen LogP contribution is -2.32. The summed E-state index contributed by atoms with van der Waals surface area (Å²) in [6.45, 7) is 26.2. The van der Waals surface area contributed by atoms with Crippen LogP contribution in [0.15, 0.2) is 49.4 Å². The van der Waals surface area contributed by atoms with E-state index >= 15 is 0 Å². The Kier molecular flexibility index (Phi) is 13.0. The summed E-state index contributed by atoms with van der Waals surface area (Å²) in [6.07, 6.45) is 10.0. The summed E-state index contributed by atoms with van der Waals surface area (Å²) in [5.41, 5.74) is 3.15. The van der Waals surface area contributed by atoms with E-state index in [0.717, 1.165) is 36.6 Å². The molecule has 0 fully saturated rings. The highest BCUT2D eigenvalue weighted by Crippen LogP contribution is 2.24. The van der Waals surface area contributed by atoms with Gasteiger partial charge < -0.3 is 10.6 Å². The third-order valence-corrected chi connectivity index (χ3v) is 5.11. The first kappa shape index (κ1) is 23.6. The van der Waals surface area contributed by atoms with Crippen molar-refractivity contribution in [2.45, 2.75) is 78.7 Å². The molecule has 0 aliphatic carbocycles. The number of hydrogen-bond donors (Lipinski definition) is 2. The van der Waals surface area contributed by atoms with Gasteiger partial charge in [-0.25, -0.2) is 0 Å². The fourth-order valence-corrected chi connectivity index (χ4v) is 3.09. The normalized spacial score (nSPS) is 13.2. The van der Waals surface area contributed by atoms with Crippen LogP contribution in [0.2, 0.25) is 0 Å². The molecule has 2 unspecified atom stereocenters. The first-order chi connectivity index (χ1) is 11.9. The highest BCUT2D eigenvalue weighted by atomic mass is 14.9. The Bertz CT molecular complexity index is 418. The second kappa shape index (κ2) is 13.8. The van der Waals surface area contributed by atoms with Gasteiger partial charge in [0.25, 0.3) is 0 Å². The van der Waals surface area contributed by atoms with E-state index in [1.165, 1.54) is 37.8 Å². The van der Waals surface area contributed by atoms with Crippen molar-refractivity contribution in [3.05, 3.63) is 49.4 Å². The van der Waals surface area contributed by atoms with Crippen molar-refractivity contribution >= 4 is 0 Å². The predicted octanol–water partition coefficient (Wildman–Crippen LogP) is 6.35. The minimum atomic E-state index is 0.381. The van der Waals surface area contributed by atoms with Gasteiger partial charge in [-0.05, 0) is 36.7 Å². The number of rotatable bonds is 16. The molecule has 0 heterocycles. The maximum atomic E-state index is 4.33. The minimum absolute atomic E-state index is 0.381. The van der Waals surface area contributed by atoms with Gasteiger partial charge in [0, 0.05) is 24.0 Å². The lowest BCUT2D eigenvalue weighted by atomic mass is 9.89. The average Bonchev–Trinajstić information content (AvgIpc) is 2.61. The number of nitrogens with one attached hydrogen (secondary N) is 2. The summed E-state index contributed by atoms with van der Waals surface area (Å²) in [7, 11) is 0. The molecule has 0 aromatic rings. The zero-order chi connectivity index (χ0) is 19.2. The van der Waals surface area contributed by atoms with Crippen molar-refractivity contribution in [1.82, 2.24) is 10.6 Å². The van der Waals surface area contributed by atoms with Gasteiger partial charge in [-0.3, -0.25) is 0 Å². The second-order valence-electron chi connectivity index (χ2n) is 7.28. The van der Waals surface area contributed by atoms with Crippen LogP contribution in [-0.2, 0) is 0 Å². The summed E-state index contributed by atoms with van der Waals surface area (Å²) < 4.78 is 0. The van der Waals surface area contributed by atoms with E-state index in [9.17, 15) is 0 Å². The van der Waals surface area contributed by atoms with Crippen LogP contribution in [0.25, 0.3) is 0 Å². The lowest BCUT2D eigenvalue weighted by molar-refractivity contribution is 0.376. The van der Waals surface area contributed by atoms with Crippen LogP contribution in [0.3, 0.4) is 0 Å². The minimum Gasteiger partial charge on any atom is -0.386 e. The van der Waals surface area contributed by atoms with E-state index in [0.29, 0.717) is 12.0 Å². The molecule has 2 nitrogen and oxygen atoms in total. The monoisotopic (exact) mass is 346 g/mol. The van der Waals surface area contributed by atoms with Gasteiger partial charge in [0.15, 0.2) is 0 Å². The third kappa shape index (κ3) is 10.2. The molecule has 0 rings (SSSR count). The van der Waals surface area contributed by atoms with E-state index in [1.54, 1.807) is 0 Å². The Hall–Kier alpha value is -1.44. The van der Waals surface area contributed by atoms with Crippen molar-refractivity contribution in [3.8, 4) is 0 Å². The molecule has 2 N–H and O–H groups in total. The van der Waals surface area contributed by atoms with E-state index in [1.807, 2.05) is 6.08 Å². The fourth-order valence-electron chi connectivity index (χ4n) is 3.09. The van der Waals surface area contributed by atoms with E-state index < -0.39 is 0 Å². The quantitative estimate of drug-likeness (QED) is 0.251. The zero-order valence-corrected chi connectivity index (χ0v) is 17.3. The van der Waals surface area contributed by atoms with E-state index in [-0.39, 0.29) is 0 Å². The van der Waals surface area contributed by atoms with Gasteiger partial charge in [-0.1, -0.05) is 79.2 Å². The second-order valence-corrected chi connectivity index (χ2v) is 7.28. The molecule has 0 aliphatic heterocycles. The highest BCUT2D eigenvalue weighted by molar-refractivity contribution is 5.25. The smallest absolute Gasteiger partial charge is 0.0328 e. The Balaban J connectivity index is 4.69. The van der Waals surface area contributed by atoms with Crippen LogP contribution in [0.4, 0.5) is 0 Å². The van der Waals surface area contributed by atoms with Crippen LogP contribution in [0, 0.1) is 11.8 Å². The van der Waals surface area contributed by atoms with Crippen molar-refractivity contribution in [1.29, 1.82) is 0 Å². The largest absolute Gasteiger partial charge is 0.386 e. The molecule has 0 aromatic carbocycles. The summed E-state index contributed by atoms with van der Waals surface area (Å²) >= 11 is 0. The maximum absolute atomic E-state index is 4.33. The van der Waals surface area contributed by atoms with E-state index in [4.69, 9.17) is 0 Å². The Morgan fingerprint density at radius 3 is 2.24 bits per heavy atom. The molecular weight excluding hydrogens is 304 g/mol. The molecule has 0 radical (unpaired) electrons. The summed E-state index contributed by atoms with van der Waals surface area (Å²) in [5, 5.41) is 6.95. The van der Waals surface area contributed by atoms with Crippen LogP contribution in [0.5, 0.6) is 0 Å². The SMILES string of the molecule is C=CCNC(=C)C(=C)CC(CCCC)NC(=C)C(C)CC(CC)CC. The lowest BCUT2D eigenvalue weighted by Gasteiger charge is -2.27. The predicted molar refractivity (Wildman–Crippen MR) is 115 cm³/mol. The van der Waals surface area contributed by atoms with Crippen molar-refractivity contribution in [2.24, 2.45) is 11.8 Å². The van der Waals surface area contributed by atoms with Crippen LogP contribution in [0.1, 0.15) is 72.6 Å². The van der Waals surface area contributed by atoms with Gasteiger partial charge >= 0.3 is 0 Å². The highest BCUT2D eigenvalue weighted by Gasteiger charge is 2.17. The van der Waals surface area contributed by atoms with E-state index in [2.05, 4.69) is 64.6 Å². The molecular formula is C23H42N2. The molecule has 0 bridgehead atoms. The van der Waals surface area contributed by atoms with Crippen LogP contribution >= 0.6 is 0 Å². The number of unbranched alkanes of at least 4 members (excludes halogenated alkanes) is 1. The molecule has 0 amide bonds. The number of allylic oxidation sites excluding steroid dienone is 2. The summed E-state index contributed by atoms with van der Waals surface area (Å²) in [5.74, 6) is 1.30. The van der Waals surface area contributed by atoms with Crippen molar-refractivity contribution < 1.29 is 0 Å². The van der Waals surface area contributed by atoms with Crippen LogP contribution in [-0.4, -0.2) is 12.6 Å². The summed E-state index contributed by atoms with van der Waals surface area (Å²) in [6, 6.07) is 0.381.